The first kappa shape index (κ1) is 15.2. The smallest absolute Gasteiger partial charge is 0.257 e. The Morgan fingerprint density at radius 1 is 0.810 bits per heavy atom. The van der Waals surface area contributed by atoms with Crippen LogP contribution in [0.5, 0.6) is 0 Å². The fraction of sp³-hybridized carbons (Fsp3) is 0.0667. The lowest BCUT2D eigenvalue weighted by Crippen LogP contribution is -2.05. The predicted molar refractivity (Wildman–Crippen MR) is 91.3 cm³/mol. The topological polar surface area (TPSA) is 35.5 Å². The second kappa shape index (κ2) is 6.19. The number of rotatable bonds is 3. The Bertz CT molecular complexity index is 688. The minimum absolute atomic E-state index is 0.515. The van der Waals surface area contributed by atoms with Crippen LogP contribution >= 0.6 is 40.1 Å². The second-order valence-electron chi connectivity index (χ2n) is 4.67. The van der Waals surface area contributed by atoms with Crippen molar-refractivity contribution in [2.75, 3.05) is 0 Å². The van der Waals surface area contributed by atoms with E-state index in [2.05, 4.69) is 32.5 Å². The first-order valence-electron chi connectivity index (χ1n) is 6.26. The Labute approximate surface area is 140 Å². The first-order valence-corrected chi connectivity index (χ1v) is 9.16. The van der Waals surface area contributed by atoms with Crippen molar-refractivity contribution in [1.82, 2.24) is 0 Å². The van der Waals surface area contributed by atoms with E-state index in [-0.39, 0.29) is 0 Å². The van der Waals surface area contributed by atoms with Gasteiger partial charge in [-0.15, -0.1) is 0 Å². The fourth-order valence-electron chi connectivity index (χ4n) is 2.60. The molecular formula is C15H11Br2O3P. The van der Waals surface area contributed by atoms with Gasteiger partial charge in [-0.25, -0.2) is 7.23 Å². The summed E-state index contributed by atoms with van der Waals surface area (Å²) in [6, 6.07) is 15.6. The zero-order valence-electron chi connectivity index (χ0n) is 10.8. The second-order valence-corrected chi connectivity index (χ2v) is 8.28. The fourth-order valence-corrected chi connectivity index (χ4v) is 5.77. The van der Waals surface area contributed by atoms with Gasteiger partial charge in [0.05, 0.1) is 0 Å². The van der Waals surface area contributed by atoms with Crippen molar-refractivity contribution in [2.24, 2.45) is 0 Å². The Balaban J connectivity index is 2.31. The largest absolute Gasteiger partial charge is 0.364 e. The average Bonchev–Trinajstić information content (AvgIpc) is 2.71. The maximum Gasteiger partial charge on any atom is 0.364 e. The van der Waals surface area contributed by atoms with E-state index in [0.29, 0.717) is 0 Å². The van der Waals surface area contributed by atoms with E-state index in [1.165, 1.54) is 0 Å². The van der Waals surface area contributed by atoms with Gasteiger partial charge in [0.2, 0.25) is 0 Å². The van der Waals surface area contributed by atoms with Crippen LogP contribution in [0.4, 0.5) is 0 Å². The number of benzene rings is 2. The van der Waals surface area contributed by atoms with Crippen LogP contribution in [0.15, 0.2) is 48.5 Å². The van der Waals surface area contributed by atoms with Crippen LogP contribution in [0, 0.1) is 0 Å². The van der Waals surface area contributed by atoms with E-state index in [9.17, 15) is 4.57 Å². The van der Waals surface area contributed by atoms with E-state index in [4.69, 9.17) is 7.23 Å². The molecule has 0 bridgehead atoms. The number of halogens is 2. The normalized spacial score (nSPS) is 14.4. The Morgan fingerprint density at radius 3 is 1.67 bits per heavy atom. The molecule has 0 unspecified atom stereocenters. The van der Waals surface area contributed by atoms with Crippen molar-refractivity contribution in [2.45, 2.75) is 5.66 Å². The van der Waals surface area contributed by atoms with Crippen molar-refractivity contribution in [3.63, 3.8) is 0 Å². The van der Waals surface area contributed by atoms with Crippen molar-refractivity contribution >= 4 is 52.3 Å². The van der Waals surface area contributed by atoms with E-state index in [0.717, 1.165) is 22.3 Å². The lowest BCUT2D eigenvalue weighted by molar-refractivity contribution is 0.437. The van der Waals surface area contributed by atoms with Gasteiger partial charge in [0.1, 0.15) is 38.2 Å². The van der Waals surface area contributed by atoms with Crippen molar-refractivity contribution < 1.29 is 11.8 Å². The maximum atomic E-state index is 13.0. The molecule has 0 fully saturated rings. The van der Waals surface area contributed by atoms with Gasteiger partial charge in [-0.1, -0.05) is 60.7 Å². The predicted octanol–water partition coefficient (Wildman–Crippen LogP) is 6.11. The highest BCUT2D eigenvalue weighted by Crippen LogP contribution is 2.67. The summed E-state index contributed by atoms with van der Waals surface area (Å²) in [6.45, 7) is 0. The van der Waals surface area contributed by atoms with E-state index >= 15 is 0 Å². The van der Waals surface area contributed by atoms with E-state index < -0.39 is 13.3 Å². The highest BCUT2D eigenvalue weighted by Gasteiger charge is 2.41. The van der Waals surface area contributed by atoms with Gasteiger partial charge in [-0.2, -0.15) is 0 Å². The number of fused-ring (bicyclic) bond motifs is 2. The van der Waals surface area contributed by atoms with Gasteiger partial charge in [-0.3, -0.25) is 4.57 Å². The minimum atomic E-state index is -3.46. The molecule has 2 aromatic carbocycles. The van der Waals surface area contributed by atoms with Crippen LogP contribution < -0.4 is 0 Å². The molecule has 2 aromatic rings. The molecule has 0 saturated carbocycles. The summed E-state index contributed by atoms with van der Waals surface area (Å²) in [5.74, 6) is 0. The molecule has 108 valence electrons. The van der Waals surface area contributed by atoms with Crippen LogP contribution in [-0.4, -0.2) is 0 Å². The summed E-state index contributed by atoms with van der Waals surface area (Å²) >= 11 is 5.72. The third-order valence-corrected chi connectivity index (χ3v) is 7.53. The van der Waals surface area contributed by atoms with Gasteiger partial charge in [0, 0.05) is 0 Å². The quantitative estimate of drug-likeness (QED) is 0.552. The van der Waals surface area contributed by atoms with Crippen LogP contribution in [0.25, 0.3) is 12.2 Å². The SMILES string of the molecule is O=P(OBr)(OBr)C1c2ccccc2C=Cc2ccccc21. The van der Waals surface area contributed by atoms with Gasteiger partial charge in [-0.05, 0) is 22.3 Å². The van der Waals surface area contributed by atoms with E-state index in [1.807, 2.05) is 60.7 Å². The molecule has 0 spiro atoms. The molecule has 1 aliphatic carbocycles. The van der Waals surface area contributed by atoms with Gasteiger partial charge in [0.25, 0.3) is 0 Å². The van der Waals surface area contributed by atoms with Crippen LogP contribution in [0.3, 0.4) is 0 Å². The molecule has 3 rings (SSSR count). The van der Waals surface area contributed by atoms with Crippen molar-refractivity contribution in [3.8, 4) is 0 Å². The standard InChI is InChI=1S/C15H11Br2O3P/c16-19-21(18,20-17)15-13-7-3-1-5-11(13)9-10-12-6-2-4-8-14(12)15/h1-10,15H. The Hall–Kier alpha value is -0.710. The number of hydrogen-bond donors (Lipinski definition) is 0. The summed E-state index contributed by atoms with van der Waals surface area (Å²) < 4.78 is 23.2. The zero-order valence-corrected chi connectivity index (χ0v) is 14.8. The van der Waals surface area contributed by atoms with Gasteiger partial charge >= 0.3 is 7.60 Å². The first-order chi connectivity index (χ1) is 10.2. The van der Waals surface area contributed by atoms with E-state index in [1.54, 1.807) is 0 Å². The molecule has 1 aliphatic rings. The summed E-state index contributed by atoms with van der Waals surface area (Å²) in [5.41, 5.74) is 3.28. The Morgan fingerprint density at radius 2 is 1.24 bits per heavy atom. The molecule has 3 nitrogen and oxygen atoms in total. The molecule has 21 heavy (non-hydrogen) atoms. The lowest BCUT2D eigenvalue weighted by atomic mass is 9.99. The van der Waals surface area contributed by atoms with Crippen LogP contribution in [0.1, 0.15) is 27.9 Å². The van der Waals surface area contributed by atoms with Crippen LogP contribution in [-0.2, 0) is 11.8 Å². The summed E-state index contributed by atoms with van der Waals surface area (Å²) in [5, 5.41) is 0. The van der Waals surface area contributed by atoms with Crippen molar-refractivity contribution in [3.05, 3.63) is 70.8 Å². The molecule has 0 aliphatic heterocycles. The zero-order chi connectivity index (χ0) is 14.9. The molecular weight excluding hydrogens is 419 g/mol. The van der Waals surface area contributed by atoms with Crippen LogP contribution in [0.2, 0.25) is 0 Å². The molecule has 0 amide bonds. The average molecular weight is 430 g/mol. The molecule has 0 atom stereocenters. The molecule has 0 heterocycles. The summed E-state index contributed by atoms with van der Waals surface area (Å²) in [4.78, 5) is 0. The molecule has 0 N–H and O–H groups in total. The molecule has 0 radical (unpaired) electrons. The number of hydrogen-bond acceptors (Lipinski definition) is 3. The van der Waals surface area contributed by atoms with Crippen molar-refractivity contribution in [1.29, 1.82) is 0 Å². The third-order valence-electron chi connectivity index (χ3n) is 3.53. The molecule has 6 heteroatoms. The minimum Gasteiger partial charge on any atom is -0.257 e. The third kappa shape index (κ3) is 2.69. The van der Waals surface area contributed by atoms with Gasteiger partial charge in [0.15, 0.2) is 0 Å². The molecule has 0 aromatic heterocycles. The summed E-state index contributed by atoms with van der Waals surface area (Å²) in [6.07, 6.45) is 4.03. The monoisotopic (exact) mass is 428 g/mol. The highest BCUT2D eigenvalue weighted by atomic mass is 79.9. The molecule has 0 saturated heterocycles. The summed E-state index contributed by atoms with van der Waals surface area (Å²) in [7, 11) is -3.46. The highest BCUT2D eigenvalue weighted by molar-refractivity contribution is 9.07. The van der Waals surface area contributed by atoms with Gasteiger partial charge < -0.3 is 0 Å². The Kier molecular flexibility index (Phi) is 4.48. The maximum absolute atomic E-state index is 13.0. The lowest BCUT2D eigenvalue weighted by Gasteiger charge is -2.24.